The number of rotatable bonds is 3. The summed E-state index contributed by atoms with van der Waals surface area (Å²) in [6.07, 6.45) is -0.552. The second-order valence-electron chi connectivity index (χ2n) is 6.91. The Balaban J connectivity index is 1.86. The summed E-state index contributed by atoms with van der Waals surface area (Å²) in [4.78, 5) is 16.4. The number of aliphatic hydroxyl groups is 1. The van der Waals surface area contributed by atoms with E-state index >= 15 is 0 Å². The van der Waals surface area contributed by atoms with Gasteiger partial charge in [0.25, 0.3) is 0 Å². The SMILES string of the molecule is CC(C)(C)C(=O)N1CCN(CC(O)c2cccc(Cl)c2)CC1. The van der Waals surface area contributed by atoms with Gasteiger partial charge in [-0.2, -0.15) is 0 Å². The molecule has 122 valence electrons. The fourth-order valence-electron chi connectivity index (χ4n) is 2.67. The first-order valence-corrected chi connectivity index (χ1v) is 8.10. The molecule has 1 unspecified atom stereocenters. The molecule has 1 fully saturated rings. The Hall–Kier alpha value is -1.10. The van der Waals surface area contributed by atoms with Gasteiger partial charge in [0.15, 0.2) is 0 Å². The van der Waals surface area contributed by atoms with Crippen LogP contribution in [-0.2, 0) is 4.79 Å². The quantitative estimate of drug-likeness (QED) is 0.929. The van der Waals surface area contributed by atoms with Gasteiger partial charge in [-0.3, -0.25) is 9.69 Å². The Labute approximate surface area is 137 Å². The maximum absolute atomic E-state index is 12.3. The average Bonchev–Trinajstić information content (AvgIpc) is 2.46. The van der Waals surface area contributed by atoms with E-state index in [1.165, 1.54) is 0 Å². The maximum Gasteiger partial charge on any atom is 0.228 e. The molecule has 1 amide bonds. The molecule has 0 radical (unpaired) electrons. The van der Waals surface area contributed by atoms with Crippen LogP contribution in [0.5, 0.6) is 0 Å². The summed E-state index contributed by atoms with van der Waals surface area (Å²) >= 11 is 5.96. The van der Waals surface area contributed by atoms with Gasteiger partial charge in [0.2, 0.25) is 5.91 Å². The monoisotopic (exact) mass is 324 g/mol. The number of hydrogen-bond acceptors (Lipinski definition) is 3. The molecule has 2 rings (SSSR count). The van der Waals surface area contributed by atoms with Crippen LogP contribution in [0.3, 0.4) is 0 Å². The van der Waals surface area contributed by atoms with Crippen molar-refractivity contribution in [1.29, 1.82) is 0 Å². The average molecular weight is 325 g/mol. The lowest BCUT2D eigenvalue weighted by atomic mass is 9.94. The van der Waals surface area contributed by atoms with E-state index < -0.39 is 6.10 Å². The second-order valence-corrected chi connectivity index (χ2v) is 7.35. The van der Waals surface area contributed by atoms with Crippen molar-refractivity contribution in [2.45, 2.75) is 26.9 Å². The molecule has 0 bridgehead atoms. The zero-order valence-corrected chi connectivity index (χ0v) is 14.3. The summed E-state index contributed by atoms with van der Waals surface area (Å²) in [6, 6.07) is 7.33. The van der Waals surface area contributed by atoms with Crippen molar-refractivity contribution in [2.75, 3.05) is 32.7 Å². The van der Waals surface area contributed by atoms with Gasteiger partial charge in [0, 0.05) is 43.2 Å². The van der Waals surface area contributed by atoms with E-state index in [-0.39, 0.29) is 11.3 Å². The molecule has 1 N–H and O–H groups in total. The molecule has 1 heterocycles. The topological polar surface area (TPSA) is 43.8 Å². The van der Waals surface area contributed by atoms with Gasteiger partial charge in [0.1, 0.15) is 0 Å². The van der Waals surface area contributed by atoms with Crippen molar-refractivity contribution < 1.29 is 9.90 Å². The van der Waals surface area contributed by atoms with Crippen molar-refractivity contribution in [3.05, 3.63) is 34.9 Å². The largest absolute Gasteiger partial charge is 0.387 e. The second kappa shape index (κ2) is 6.99. The highest BCUT2D eigenvalue weighted by molar-refractivity contribution is 6.30. The number of hydrogen-bond donors (Lipinski definition) is 1. The summed E-state index contributed by atoms with van der Waals surface area (Å²) in [5.41, 5.74) is 0.503. The summed E-state index contributed by atoms with van der Waals surface area (Å²) in [7, 11) is 0. The van der Waals surface area contributed by atoms with Crippen LogP contribution in [0.2, 0.25) is 5.02 Å². The first-order valence-electron chi connectivity index (χ1n) is 7.72. The lowest BCUT2D eigenvalue weighted by Gasteiger charge is -2.38. The summed E-state index contributed by atoms with van der Waals surface area (Å²) < 4.78 is 0. The van der Waals surface area contributed by atoms with Gasteiger partial charge in [-0.25, -0.2) is 0 Å². The van der Waals surface area contributed by atoms with Crippen molar-refractivity contribution in [3.8, 4) is 0 Å². The molecule has 22 heavy (non-hydrogen) atoms. The van der Waals surface area contributed by atoms with E-state index in [9.17, 15) is 9.90 Å². The van der Waals surface area contributed by atoms with Crippen LogP contribution >= 0.6 is 11.6 Å². The van der Waals surface area contributed by atoms with Crippen LogP contribution in [0.25, 0.3) is 0 Å². The Morgan fingerprint density at radius 3 is 2.45 bits per heavy atom. The zero-order valence-electron chi connectivity index (χ0n) is 13.6. The Kier molecular flexibility index (Phi) is 5.48. The summed E-state index contributed by atoms with van der Waals surface area (Å²) in [5.74, 6) is 0.197. The number of amides is 1. The molecule has 0 aromatic heterocycles. The molecule has 1 atom stereocenters. The minimum atomic E-state index is -0.552. The smallest absolute Gasteiger partial charge is 0.228 e. The van der Waals surface area contributed by atoms with Gasteiger partial charge in [-0.05, 0) is 17.7 Å². The van der Waals surface area contributed by atoms with E-state index in [4.69, 9.17) is 11.6 Å². The van der Waals surface area contributed by atoms with Crippen molar-refractivity contribution >= 4 is 17.5 Å². The predicted octanol–water partition coefficient (Wildman–Crippen LogP) is 2.56. The molecule has 5 heteroatoms. The Morgan fingerprint density at radius 1 is 1.27 bits per heavy atom. The Bertz CT molecular complexity index is 520. The molecule has 4 nitrogen and oxygen atoms in total. The first kappa shape index (κ1) is 17.3. The highest BCUT2D eigenvalue weighted by atomic mass is 35.5. The molecular weight excluding hydrogens is 300 g/mol. The number of carbonyl (C=O) groups is 1. The third-order valence-corrected chi connectivity index (χ3v) is 4.20. The minimum Gasteiger partial charge on any atom is -0.387 e. The van der Waals surface area contributed by atoms with Crippen LogP contribution in [0, 0.1) is 5.41 Å². The summed E-state index contributed by atoms with van der Waals surface area (Å²) in [6.45, 7) is 9.44. The van der Waals surface area contributed by atoms with Gasteiger partial charge in [-0.15, -0.1) is 0 Å². The first-order chi connectivity index (χ1) is 10.3. The van der Waals surface area contributed by atoms with E-state index in [1.807, 2.05) is 37.8 Å². The van der Waals surface area contributed by atoms with Crippen LogP contribution in [0.4, 0.5) is 0 Å². The molecule has 1 aromatic rings. The molecule has 0 aliphatic carbocycles. The number of benzene rings is 1. The van der Waals surface area contributed by atoms with Gasteiger partial charge >= 0.3 is 0 Å². The van der Waals surface area contributed by atoms with Crippen molar-refractivity contribution in [2.24, 2.45) is 5.41 Å². The van der Waals surface area contributed by atoms with Gasteiger partial charge in [-0.1, -0.05) is 44.5 Å². The molecular formula is C17H25ClN2O2. The predicted molar refractivity (Wildman–Crippen MR) is 88.9 cm³/mol. The molecule has 0 saturated carbocycles. The van der Waals surface area contributed by atoms with Gasteiger partial charge < -0.3 is 10.0 Å². The number of halogens is 1. The highest BCUT2D eigenvalue weighted by Crippen LogP contribution is 2.21. The summed E-state index contributed by atoms with van der Waals surface area (Å²) in [5, 5.41) is 11.0. The number of β-amino-alcohol motifs (C(OH)–C–C–N with tert-alkyl or cyclic N) is 1. The fourth-order valence-corrected chi connectivity index (χ4v) is 2.87. The standard InChI is InChI=1S/C17H25ClN2O2/c1-17(2,3)16(22)20-9-7-19(8-10-20)12-15(21)13-5-4-6-14(18)11-13/h4-6,11,15,21H,7-10,12H2,1-3H3. The number of nitrogens with zero attached hydrogens (tertiary/aromatic N) is 2. The van der Waals surface area contributed by atoms with E-state index in [1.54, 1.807) is 12.1 Å². The van der Waals surface area contributed by atoms with Gasteiger partial charge in [0.05, 0.1) is 6.10 Å². The normalized spacial score (nSPS) is 18.3. The number of aliphatic hydroxyl groups excluding tert-OH is 1. The van der Waals surface area contributed by atoms with Crippen LogP contribution in [-0.4, -0.2) is 53.5 Å². The number of carbonyl (C=O) groups excluding carboxylic acids is 1. The zero-order chi connectivity index (χ0) is 16.3. The minimum absolute atomic E-state index is 0.197. The van der Waals surface area contributed by atoms with E-state index in [0.29, 0.717) is 11.6 Å². The fraction of sp³-hybridized carbons (Fsp3) is 0.588. The lowest BCUT2D eigenvalue weighted by molar-refractivity contribution is -0.141. The molecule has 1 aliphatic heterocycles. The molecule has 1 aromatic carbocycles. The third kappa shape index (κ3) is 4.45. The van der Waals surface area contributed by atoms with Crippen LogP contribution in [0.15, 0.2) is 24.3 Å². The number of piperazine rings is 1. The highest BCUT2D eigenvalue weighted by Gasteiger charge is 2.30. The Morgan fingerprint density at radius 2 is 1.91 bits per heavy atom. The van der Waals surface area contributed by atoms with Crippen molar-refractivity contribution in [3.63, 3.8) is 0 Å². The van der Waals surface area contributed by atoms with Crippen LogP contribution in [0.1, 0.15) is 32.4 Å². The molecule has 1 saturated heterocycles. The lowest BCUT2D eigenvalue weighted by Crippen LogP contribution is -2.52. The third-order valence-electron chi connectivity index (χ3n) is 3.97. The van der Waals surface area contributed by atoms with E-state index in [2.05, 4.69) is 4.90 Å². The molecule has 0 spiro atoms. The van der Waals surface area contributed by atoms with Crippen molar-refractivity contribution in [1.82, 2.24) is 9.80 Å². The van der Waals surface area contributed by atoms with E-state index in [0.717, 1.165) is 31.7 Å². The maximum atomic E-state index is 12.3. The molecule has 1 aliphatic rings. The van der Waals surface area contributed by atoms with Crippen LogP contribution < -0.4 is 0 Å².